The van der Waals surface area contributed by atoms with Gasteiger partial charge in [-0.3, -0.25) is 13.8 Å². The van der Waals surface area contributed by atoms with Gasteiger partial charge in [0.2, 0.25) is 5.91 Å². The molecule has 0 aliphatic heterocycles. The minimum Gasteiger partial charge on any atom is -0.469 e. The highest BCUT2D eigenvalue weighted by atomic mass is 32.2. The molecule has 0 saturated heterocycles. The van der Waals surface area contributed by atoms with Crippen molar-refractivity contribution in [2.24, 2.45) is 11.7 Å². The number of esters is 1. The Morgan fingerprint density at radius 1 is 1.37 bits per heavy atom. The summed E-state index contributed by atoms with van der Waals surface area (Å²) in [4.78, 5) is 22.5. The van der Waals surface area contributed by atoms with E-state index >= 15 is 0 Å². The molecule has 0 heterocycles. The maximum Gasteiger partial charge on any atom is 0.309 e. The van der Waals surface area contributed by atoms with Gasteiger partial charge in [0.25, 0.3) is 0 Å². The van der Waals surface area contributed by atoms with Crippen molar-refractivity contribution in [1.29, 1.82) is 0 Å². The molecule has 0 fully saturated rings. The van der Waals surface area contributed by atoms with E-state index < -0.39 is 28.6 Å². The molecular formula is C13H17NO4S. The minimum absolute atomic E-state index is 0.194. The van der Waals surface area contributed by atoms with Crippen LogP contribution in [0.4, 0.5) is 0 Å². The molecule has 19 heavy (non-hydrogen) atoms. The van der Waals surface area contributed by atoms with Gasteiger partial charge in [-0.2, -0.15) is 0 Å². The summed E-state index contributed by atoms with van der Waals surface area (Å²) in [6.07, 6.45) is 0. The number of hydrogen-bond acceptors (Lipinski definition) is 4. The summed E-state index contributed by atoms with van der Waals surface area (Å²) >= 11 is 0. The first-order valence-corrected chi connectivity index (χ1v) is 7.25. The maximum atomic E-state index is 12.0. The Labute approximate surface area is 114 Å². The van der Waals surface area contributed by atoms with Crippen molar-refractivity contribution in [1.82, 2.24) is 0 Å². The fourth-order valence-corrected chi connectivity index (χ4v) is 3.08. The molecule has 1 aromatic carbocycles. The van der Waals surface area contributed by atoms with Gasteiger partial charge in [-0.1, -0.05) is 25.1 Å². The number of primary amides is 1. The molecule has 0 aliphatic carbocycles. The van der Waals surface area contributed by atoms with Gasteiger partial charge in [0.1, 0.15) is 0 Å². The Kier molecular flexibility index (Phi) is 5.69. The van der Waals surface area contributed by atoms with Crippen LogP contribution in [0.2, 0.25) is 0 Å². The molecule has 2 N–H and O–H groups in total. The van der Waals surface area contributed by atoms with Gasteiger partial charge in [0, 0.05) is 27.9 Å². The number of hydrogen-bond donors (Lipinski definition) is 1. The quantitative estimate of drug-likeness (QED) is 0.784. The SMILES string of the molecule is COC(=O)C(C)CS(=O)Cc1ccccc1C(N)=O. The van der Waals surface area contributed by atoms with E-state index in [0.29, 0.717) is 11.1 Å². The number of methoxy groups -OCH3 is 1. The molecular weight excluding hydrogens is 266 g/mol. The molecule has 6 heteroatoms. The van der Waals surface area contributed by atoms with Gasteiger partial charge in [0.05, 0.1) is 13.0 Å². The molecule has 1 rings (SSSR count). The summed E-state index contributed by atoms with van der Waals surface area (Å²) in [5.41, 5.74) is 6.24. The fourth-order valence-electron chi connectivity index (χ4n) is 1.67. The Morgan fingerprint density at radius 2 is 2.00 bits per heavy atom. The topological polar surface area (TPSA) is 86.5 Å². The molecule has 2 unspecified atom stereocenters. The van der Waals surface area contributed by atoms with Crippen molar-refractivity contribution in [2.75, 3.05) is 12.9 Å². The Balaban J connectivity index is 2.72. The molecule has 0 bridgehead atoms. The van der Waals surface area contributed by atoms with Gasteiger partial charge in [0.15, 0.2) is 0 Å². The van der Waals surface area contributed by atoms with Crippen LogP contribution in [0, 0.1) is 5.92 Å². The number of nitrogens with two attached hydrogens (primary N) is 1. The predicted octanol–water partition coefficient (Wildman–Crippen LogP) is 0.843. The molecule has 1 amide bonds. The third-order valence-corrected chi connectivity index (χ3v) is 4.14. The van der Waals surface area contributed by atoms with Gasteiger partial charge >= 0.3 is 5.97 Å². The highest BCUT2D eigenvalue weighted by molar-refractivity contribution is 7.84. The number of rotatable bonds is 6. The van der Waals surface area contributed by atoms with Crippen LogP contribution < -0.4 is 5.73 Å². The van der Waals surface area contributed by atoms with Crippen LogP contribution >= 0.6 is 0 Å². The monoisotopic (exact) mass is 283 g/mol. The average Bonchev–Trinajstić information content (AvgIpc) is 2.37. The van der Waals surface area contributed by atoms with Crippen LogP contribution in [0.3, 0.4) is 0 Å². The molecule has 2 atom stereocenters. The Hall–Kier alpha value is -1.69. The summed E-state index contributed by atoms with van der Waals surface area (Å²) in [6.45, 7) is 1.66. The molecule has 0 radical (unpaired) electrons. The smallest absolute Gasteiger partial charge is 0.309 e. The second kappa shape index (κ2) is 7.04. The lowest BCUT2D eigenvalue weighted by atomic mass is 10.1. The Morgan fingerprint density at radius 3 is 2.58 bits per heavy atom. The lowest BCUT2D eigenvalue weighted by molar-refractivity contribution is -0.144. The van der Waals surface area contributed by atoms with Crippen LogP contribution in [0.5, 0.6) is 0 Å². The van der Waals surface area contributed by atoms with E-state index in [1.807, 2.05) is 0 Å². The normalized spacial score (nSPS) is 13.6. The van der Waals surface area contributed by atoms with E-state index in [1.165, 1.54) is 7.11 Å². The van der Waals surface area contributed by atoms with Gasteiger partial charge in [-0.25, -0.2) is 0 Å². The average molecular weight is 283 g/mol. The summed E-state index contributed by atoms with van der Waals surface area (Å²) in [7, 11) is 0.0371. The van der Waals surface area contributed by atoms with Crippen molar-refractivity contribution >= 4 is 22.7 Å². The Bertz CT molecular complexity index is 501. The lowest BCUT2D eigenvalue weighted by Crippen LogP contribution is -2.21. The number of amides is 1. The van der Waals surface area contributed by atoms with E-state index in [-0.39, 0.29) is 11.5 Å². The molecule has 0 aliphatic rings. The van der Waals surface area contributed by atoms with Gasteiger partial charge < -0.3 is 10.5 Å². The molecule has 0 spiro atoms. The summed E-state index contributed by atoms with van der Waals surface area (Å²) < 4.78 is 16.5. The predicted molar refractivity (Wildman–Crippen MR) is 72.9 cm³/mol. The van der Waals surface area contributed by atoms with Crippen LogP contribution in [0.15, 0.2) is 24.3 Å². The number of ether oxygens (including phenoxy) is 1. The molecule has 104 valence electrons. The third kappa shape index (κ3) is 4.48. The largest absolute Gasteiger partial charge is 0.469 e. The molecule has 0 aromatic heterocycles. The first kappa shape index (κ1) is 15.4. The lowest BCUT2D eigenvalue weighted by Gasteiger charge is -2.10. The molecule has 0 saturated carbocycles. The van der Waals surface area contributed by atoms with Gasteiger partial charge in [-0.15, -0.1) is 0 Å². The highest BCUT2D eigenvalue weighted by Crippen LogP contribution is 2.12. The van der Waals surface area contributed by atoms with Crippen LogP contribution in [0.1, 0.15) is 22.8 Å². The molecule has 5 nitrogen and oxygen atoms in total. The van der Waals surface area contributed by atoms with Crippen molar-refractivity contribution in [2.45, 2.75) is 12.7 Å². The first-order valence-electron chi connectivity index (χ1n) is 5.76. The van der Waals surface area contributed by atoms with Crippen molar-refractivity contribution in [3.05, 3.63) is 35.4 Å². The summed E-state index contributed by atoms with van der Waals surface area (Å²) in [5, 5.41) is 0. The second-order valence-corrected chi connectivity index (χ2v) is 5.70. The minimum atomic E-state index is -1.26. The maximum absolute atomic E-state index is 12.0. The van der Waals surface area contributed by atoms with Crippen molar-refractivity contribution in [3.63, 3.8) is 0 Å². The summed E-state index contributed by atoms with van der Waals surface area (Å²) in [6, 6.07) is 6.76. The van der Waals surface area contributed by atoms with E-state index in [2.05, 4.69) is 4.74 Å². The fraction of sp³-hybridized carbons (Fsp3) is 0.385. The zero-order valence-corrected chi connectivity index (χ0v) is 11.7. The zero-order chi connectivity index (χ0) is 14.4. The van der Waals surface area contributed by atoms with E-state index in [1.54, 1.807) is 31.2 Å². The van der Waals surface area contributed by atoms with E-state index in [4.69, 9.17) is 5.73 Å². The molecule has 1 aromatic rings. The third-order valence-electron chi connectivity index (χ3n) is 2.64. The van der Waals surface area contributed by atoms with Crippen LogP contribution in [0.25, 0.3) is 0 Å². The van der Waals surface area contributed by atoms with E-state index in [9.17, 15) is 13.8 Å². The highest BCUT2D eigenvalue weighted by Gasteiger charge is 2.18. The van der Waals surface area contributed by atoms with Crippen molar-refractivity contribution < 1.29 is 18.5 Å². The standard InChI is InChI=1S/C13H17NO4S/c1-9(13(16)18-2)7-19(17)8-10-5-3-4-6-11(10)12(14)15/h3-6,9H,7-8H2,1-2H3,(H2,14,15). The van der Waals surface area contributed by atoms with E-state index in [0.717, 1.165) is 0 Å². The van der Waals surface area contributed by atoms with Crippen LogP contribution in [-0.4, -0.2) is 28.9 Å². The van der Waals surface area contributed by atoms with Crippen LogP contribution in [-0.2, 0) is 26.1 Å². The first-order chi connectivity index (χ1) is 8.95. The number of carbonyl (C=O) groups excluding carboxylic acids is 2. The summed E-state index contributed by atoms with van der Waals surface area (Å²) in [5.74, 6) is -0.989. The van der Waals surface area contributed by atoms with Gasteiger partial charge in [-0.05, 0) is 11.6 Å². The number of benzene rings is 1. The van der Waals surface area contributed by atoms with Crippen molar-refractivity contribution in [3.8, 4) is 0 Å². The number of carbonyl (C=O) groups is 2. The zero-order valence-electron chi connectivity index (χ0n) is 10.9. The second-order valence-electron chi connectivity index (χ2n) is 4.20.